The summed E-state index contributed by atoms with van der Waals surface area (Å²) in [5.41, 5.74) is 7.81. The maximum Gasteiger partial charge on any atom is 0.229 e. The highest BCUT2D eigenvalue weighted by Gasteiger charge is 2.27. The highest BCUT2D eigenvalue weighted by Crippen LogP contribution is 2.30. The zero-order valence-electron chi connectivity index (χ0n) is 11.6. The van der Waals surface area contributed by atoms with E-state index in [0.717, 1.165) is 42.1 Å². The number of halogens is 2. The quantitative estimate of drug-likeness (QED) is 0.775. The summed E-state index contributed by atoms with van der Waals surface area (Å²) in [6.45, 7) is 1.93. The van der Waals surface area contributed by atoms with Crippen molar-refractivity contribution in [3.63, 3.8) is 0 Å². The highest BCUT2D eigenvalue weighted by atomic mass is 79.9. The molecule has 0 heterocycles. The molecule has 110 valence electrons. The highest BCUT2D eigenvalue weighted by molar-refractivity contribution is 9.10. The maximum atomic E-state index is 12.4. The smallest absolute Gasteiger partial charge is 0.229 e. The average Bonchev–Trinajstić information content (AvgIpc) is 2.60. The molecule has 0 aromatic heterocycles. The Morgan fingerprint density at radius 2 is 2.05 bits per heavy atom. The van der Waals surface area contributed by atoms with E-state index < -0.39 is 0 Å². The Hall–Kier alpha value is -0.580. The fourth-order valence-corrected chi connectivity index (χ4v) is 3.35. The van der Waals surface area contributed by atoms with Crippen LogP contribution in [-0.2, 0) is 4.79 Å². The fraction of sp³-hybridized carbons (Fsp3) is 0.533. The van der Waals surface area contributed by atoms with E-state index in [9.17, 15) is 4.79 Å². The van der Waals surface area contributed by atoms with Gasteiger partial charge in [0.05, 0.1) is 11.6 Å². The van der Waals surface area contributed by atoms with Crippen molar-refractivity contribution in [2.24, 2.45) is 11.7 Å². The third kappa shape index (κ3) is 3.74. The van der Waals surface area contributed by atoms with E-state index in [2.05, 4.69) is 21.2 Å². The predicted octanol–water partition coefficient (Wildman–Crippen LogP) is 4.26. The molecule has 2 unspecified atom stereocenters. The Morgan fingerprint density at radius 1 is 1.35 bits per heavy atom. The molecule has 2 rings (SSSR count). The van der Waals surface area contributed by atoms with E-state index in [-0.39, 0.29) is 17.9 Å². The maximum absolute atomic E-state index is 12.4. The van der Waals surface area contributed by atoms with Crippen LogP contribution in [0.3, 0.4) is 0 Å². The van der Waals surface area contributed by atoms with E-state index in [4.69, 9.17) is 17.3 Å². The van der Waals surface area contributed by atoms with Crippen LogP contribution in [0.25, 0.3) is 0 Å². The molecule has 3 nitrogen and oxygen atoms in total. The summed E-state index contributed by atoms with van der Waals surface area (Å²) in [6, 6.07) is 3.64. The number of amides is 1. The summed E-state index contributed by atoms with van der Waals surface area (Å²) in [5.74, 6) is -0.107. The predicted molar refractivity (Wildman–Crippen MR) is 87.1 cm³/mol. The largest absolute Gasteiger partial charge is 0.327 e. The van der Waals surface area contributed by atoms with Crippen molar-refractivity contribution >= 4 is 39.1 Å². The van der Waals surface area contributed by atoms with Gasteiger partial charge < -0.3 is 11.1 Å². The van der Waals surface area contributed by atoms with Gasteiger partial charge in [0.2, 0.25) is 5.91 Å². The molecule has 1 aromatic rings. The zero-order chi connectivity index (χ0) is 14.7. The Balaban J connectivity index is 2.12. The molecule has 2 atom stereocenters. The van der Waals surface area contributed by atoms with Gasteiger partial charge in [-0.2, -0.15) is 0 Å². The van der Waals surface area contributed by atoms with Crippen LogP contribution in [0.5, 0.6) is 0 Å². The minimum Gasteiger partial charge on any atom is -0.327 e. The number of aryl methyl sites for hydroxylation is 1. The second-order valence-corrected chi connectivity index (χ2v) is 6.74. The first-order chi connectivity index (χ1) is 9.49. The normalized spacial score (nSPS) is 23.2. The summed E-state index contributed by atoms with van der Waals surface area (Å²) in [7, 11) is 0. The minimum atomic E-state index is -0.107. The third-order valence-corrected chi connectivity index (χ3v) is 4.98. The van der Waals surface area contributed by atoms with Crippen molar-refractivity contribution in [2.45, 2.75) is 45.1 Å². The molecule has 1 aliphatic carbocycles. The second kappa shape index (κ2) is 6.92. The number of nitrogens with two attached hydrogens (primary N) is 1. The lowest BCUT2D eigenvalue weighted by atomic mass is 9.94. The standard InChI is InChI=1S/C15H20BrClN2O/c1-9-7-11(16)14(8-12(9)17)19-15(20)10-5-3-2-4-6-13(10)18/h7-8,10,13H,2-6,18H2,1H3,(H,19,20). The molecule has 0 spiro atoms. The first-order valence-electron chi connectivity index (χ1n) is 7.01. The van der Waals surface area contributed by atoms with Gasteiger partial charge in [0.1, 0.15) is 0 Å². The van der Waals surface area contributed by atoms with Gasteiger partial charge in [-0.05, 0) is 53.4 Å². The number of hydrogen-bond acceptors (Lipinski definition) is 2. The molecular formula is C15H20BrClN2O. The lowest BCUT2D eigenvalue weighted by Crippen LogP contribution is -2.37. The number of nitrogens with one attached hydrogen (secondary N) is 1. The third-order valence-electron chi connectivity index (χ3n) is 3.91. The van der Waals surface area contributed by atoms with Gasteiger partial charge in [-0.3, -0.25) is 4.79 Å². The van der Waals surface area contributed by atoms with Crippen LogP contribution < -0.4 is 11.1 Å². The van der Waals surface area contributed by atoms with Crippen LogP contribution in [0, 0.1) is 12.8 Å². The number of anilines is 1. The van der Waals surface area contributed by atoms with Crippen molar-refractivity contribution < 1.29 is 4.79 Å². The van der Waals surface area contributed by atoms with E-state index in [1.807, 2.05) is 13.0 Å². The lowest BCUT2D eigenvalue weighted by Gasteiger charge is -2.21. The van der Waals surface area contributed by atoms with Crippen molar-refractivity contribution in [2.75, 3.05) is 5.32 Å². The van der Waals surface area contributed by atoms with Crippen molar-refractivity contribution in [1.29, 1.82) is 0 Å². The molecule has 0 saturated heterocycles. The molecule has 0 aliphatic heterocycles. The van der Waals surface area contributed by atoms with Gasteiger partial charge in [-0.25, -0.2) is 0 Å². The monoisotopic (exact) mass is 358 g/mol. The van der Waals surface area contributed by atoms with Gasteiger partial charge >= 0.3 is 0 Å². The average molecular weight is 360 g/mol. The van der Waals surface area contributed by atoms with Crippen LogP contribution in [0.4, 0.5) is 5.69 Å². The van der Waals surface area contributed by atoms with Gasteiger partial charge in [-0.1, -0.05) is 30.9 Å². The number of benzene rings is 1. The second-order valence-electron chi connectivity index (χ2n) is 5.48. The molecule has 3 N–H and O–H groups in total. The van der Waals surface area contributed by atoms with Crippen molar-refractivity contribution in [3.05, 3.63) is 27.2 Å². The molecule has 1 aromatic carbocycles. The number of carbonyl (C=O) groups excluding carboxylic acids is 1. The summed E-state index contributed by atoms with van der Waals surface area (Å²) in [5, 5.41) is 3.60. The van der Waals surface area contributed by atoms with Crippen LogP contribution in [0.1, 0.15) is 37.7 Å². The Bertz CT molecular complexity index is 507. The van der Waals surface area contributed by atoms with Crippen LogP contribution in [0.2, 0.25) is 5.02 Å². The summed E-state index contributed by atoms with van der Waals surface area (Å²) in [4.78, 5) is 12.4. The summed E-state index contributed by atoms with van der Waals surface area (Å²) in [6.07, 6.45) is 5.14. The molecule has 1 saturated carbocycles. The molecule has 1 amide bonds. The molecule has 0 bridgehead atoms. The van der Waals surface area contributed by atoms with E-state index in [1.54, 1.807) is 6.07 Å². The number of carbonyl (C=O) groups is 1. The fourth-order valence-electron chi connectivity index (χ4n) is 2.63. The molecule has 5 heteroatoms. The first kappa shape index (κ1) is 15.8. The van der Waals surface area contributed by atoms with Gasteiger partial charge in [0.25, 0.3) is 0 Å². The van der Waals surface area contributed by atoms with Gasteiger partial charge in [0.15, 0.2) is 0 Å². The van der Waals surface area contributed by atoms with Crippen LogP contribution in [0.15, 0.2) is 16.6 Å². The molecule has 0 radical (unpaired) electrons. The molecular weight excluding hydrogens is 340 g/mol. The summed E-state index contributed by atoms with van der Waals surface area (Å²) < 4.78 is 0.843. The number of hydrogen-bond donors (Lipinski definition) is 2. The minimum absolute atomic E-state index is 0.0000183. The molecule has 1 aliphatic rings. The van der Waals surface area contributed by atoms with E-state index >= 15 is 0 Å². The van der Waals surface area contributed by atoms with E-state index in [0.29, 0.717) is 10.7 Å². The van der Waals surface area contributed by atoms with Crippen LogP contribution >= 0.6 is 27.5 Å². The zero-order valence-corrected chi connectivity index (χ0v) is 13.9. The first-order valence-corrected chi connectivity index (χ1v) is 8.18. The molecule has 20 heavy (non-hydrogen) atoms. The SMILES string of the molecule is Cc1cc(Br)c(NC(=O)C2CCCCCC2N)cc1Cl. The summed E-state index contributed by atoms with van der Waals surface area (Å²) >= 11 is 9.57. The van der Waals surface area contributed by atoms with Gasteiger partial charge in [-0.15, -0.1) is 0 Å². The topological polar surface area (TPSA) is 55.1 Å². The van der Waals surface area contributed by atoms with Crippen molar-refractivity contribution in [1.82, 2.24) is 0 Å². The Labute approximate surface area is 133 Å². The Kier molecular flexibility index (Phi) is 5.47. The van der Waals surface area contributed by atoms with Crippen molar-refractivity contribution in [3.8, 4) is 0 Å². The lowest BCUT2D eigenvalue weighted by molar-refractivity contribution is -0.120. The van der Waals surface area contributed by atoms with Crippen LogP contribution in [-0.4, -0.2) is 11.9 Å². The number of rotatable bonds is 2. The molecule has 1 fully saturated rings. The Morgan fingerprint density at radius 3 is 2.80 bits per heavy atom. The van der Waals surface area contributed by atoms with E-state index in [1.165, 1.54) is 0 Å². The van der Waals surface area contributed by atoms with Gasteiger partial charge in [0, 0.05) is 15.5 Å².